The van der Waals surface area contributed by atoms with Crippen molar-refractivity contribution in [3.63, 3.8) is 0 Å². The van der Waals surface area contributed by atoms with E-state index < -0.39 is 10.0 Å². The summed E-state index contributed by atoms with van der Waals surface area (Å²) in [6, 6.07) is 12.2. The quantitative estimate of drug-likeness (QED) is 0.475. The number of ether oxygens (including phenoxy) is 2. The molecule has 2 heterocycles. The fourth-order valence-electron chi connectivity index (χ4n) is 3.68. The summed E-state index contributed by atoms with van der Waals surface area (Å²) in [6.07, 6.45) is 1.58. The molecule has 0 spiro atoms. The van der Waals surface area contributed by atoms with Gasteiger partial charge in [0.2, 0.25) is 10.0 Å². The van der Waals surface area contributed by atoms with Crippen molar-refractivity contribution in [2.75, 3.05) is 46.4 Å². The van der Waals surface area contributed by atoms with Crippen LogP contribution in [0.25, 0.3) is 11.3 Å². The van der Waals surface area contributed by atoms with Gasteiger partial charge in [-0.1, -0.05) is 11.6 Å². The molecule has 1 saturated heterocycles. The molecule has 4 rings (SSSR count). The number of methoxy groups -OCH3 is 1. The molecule has 1 aliphatic rings. The van der Waals surface area contributed by atoms with Gasteiger partial charge in [0, 0.05) is 50.2 Å². The smallest absolute Gasteiger partial charge is 0.246 e. The molecule has 10 heteroatoms. The van der Waals surface area contributed by atoms with Gasteiger partial charge in [0.05, 0.1) is 13.3 Å². The molecule has 2 aromatic carbocycles. The van der Waals surface area contributed by atoms with Crippen molar-refractivity contribution in [2.45, 2.75) is 11.8 Å². The number of aryl methyl sites for hydroxylation is 1. The maximum atomic E-state index is 13.4. The van der Waals surface area contributed by atoms with E-state index in [0.717, 1.165) is 5.75 Å². The molecule has 0 unspecified atom stereocenters. The van der Waals surface area contributed by atoms with E-state index in [-0.39, 0.29) is 4.90 Å². The van der Waals surface area contributed by atoms with Crippen LogP contribution in [-0.2, 0) is 10.0 Å². The molecule has 0 radical (unpaired) electrons. The molecule has 1 aromatic heterocycles. The van der Waals surface area contributed by atoms with Crippen molar-refractivity contribution < 1.29 is 22.3 Å². The van der Waals surface area contributed by atoms with E-state index in [9.17, 15) is 8.42 Å². The average molecular weight is 492 g/mol. The molecule has 176 valence electrons. The zero-order chi connectivity index (χ0) is 23.4. The Hall–Kier alpha value is -2.59. The molecule has 0 aliphatic carbocycles. The first-order valence-electron chi connectivity index (χ1n) is 10.6. The molecule has 1 aliphatic heterocycles. The fraction of sp³-hybridized carbons (Fsp3) is 0.348. The summed E-state index contributed by atoms with van der Waals surface area (Å²) < 4.78 is 45.0. The molecule has 0 bridgehead atoms. The maximum absolute atomic E-state index is 13.4. The lowest BCUT2D eigenvalue weighted by Gasteiger charge is -2.34. The molecule has 33 heavy (non-hydrogen) atoms. The van der Waals surface area contributed by atoms with Gasteiger partial charge in [-0.05, 0) is 42.5 Å². The summed E-state index contributed by atoms with van der Waals surface area (Å²) in [7, 11) is -2.28. The number of sulfonamides is 1. The van der Waals surface area contributed by atoms with Crippen molar-refractivity contribution in [1.29, 1.82) is 0 Å². The Labute approximate surface area is 198 Å². The first-order valence-corrected chi connectivity index (χ1v) is 12.4. The molecule has 1 fully saturated rings. The van der Waals surface area contributed by atoms with Crippen LogP contribution < -0.4 is 9.47 Å². The first-order chi connectivity index (χ1) is 15.9. The Kier molecular flexibility index (Phi) is 7.23. The Morgan fingerprint density at radius 1 is 1.09 bits per heavy atom. The number of piperazine rings is 1. The van der Waals surface area contributed by atoms with E-state index in [4.69, 9.17) is 25.5 Å². The summed E-state index contributed by atoms with van der Waals surface area (Å²) in [6.45, 7) is 4.97. The molecule has 8 nitrogen and oxygen atoms in total. The number of benzene rings is 2. The second kappa shape index (κ2) is 10.1. The maximum Gasteiger partial charge on any atom is 0.246 e. The lowest BCUT2D eigenvalue weighted by Crippen LogP contribution is -2.49. The van der Waals surface area contributed by atoms with Crippen molar-refractivity contribution in [2.24, 2.45) is 0 Å². The Balaban J connectivity index is 1.39. The highest BCUT2D eigenvalue weighted by atomic mass is 35.5. The number of nitrogens with zero attached hydrogens (tertiary/aromatic N) is 3. The molecule has 0 atom stereocenters. The van der Waals surface area contributed by atoms with Gasteiger partial charge in [-0.3, -0.25) is 4.90 Å². The van der Waals surface area contributed by atoms with Crippen LogP contribution in [0.3, 0.4) is 0 Å². The standard InChI is InChI=1S/C23H26ClN3O5S/c1-17-25-16-22(32-17)18-3-8-21(30-2)23(15-18)33(28,29)27-11-9-26(10-12-27)13-14-31-20-6-4-19(24)5-7-20/h3-8,15-16H,9-14H2,1-2H3. The zero-order valence-electron chi connectivity index (χ0n) is 18.5. The van der Waals surface area contributed by atoms with E-state index >= 15 is 0 Å². The minimum atomic E-state index is -3.74. The van der Waals surface area contributed by atoms with Crippen LogP contribution in [0.4, 0.5) is 0 Å². The van der Waals surface area contributed by atoms with Crippen molar-refractivity contribution in [3.05, 3.63) is 59.6 Å². The second-order valence-corrected chi connectivity index (χ2v) is 10.0. The normalized spacial score (nSPS) is 15.5. The van der Waals surface area contributed by atoms with Gasteiger partial charge in [-0.2, -0.15) is 4.31 Å². The number of halogens is 1. The molecule has 0 amide bonds. The predicted molar refractivity (Wildman–Crippen MR) is 125 cm³/mol. The minimum absolute atomic E-state index is 0.121. The largest absolute Gasteiger partial charge is 0.495 e. The van der Waals surface area contributed by atoms with Crippen LogP contribution in [0.5, 0.6) is 11.5 Å². The molecule has 0 saturated carbocycles. The highest BCUT2D eigenvalue weighted by molar-refractivity contribution is 7.89. The van der Waals surface area contributed by atoms with Crippen LogP contribution >= 0.6 is 11.6 Å². The summed E-state index contributed by atoms with van der Waals surface area (Å²) in [5.41, 5.74) is 0.632. The Morgan fingerprint density at radius 3 is 2.45 bits per heavy atom. The zero-order valence-corrected chi connectivity index (χ0v) is 20.1. The van der Waals surface area contributed by atoms with Crippen LogP contribution in [0.1, 0.15) is 5.89 Å². The molecule has 0 N–H and O–H groups in total. The van der Waals surface area contributed by atoms with Gasteiger partial charge in [0.25, 0.3) is 0 Å². The lowest BCUT2D eigenvalue weighted by atomic mass is 10.2. The number of oxazole rings is 1. The molecule has 3 aromatic rings. The summed E-state index contributed by atoms with van der Waals surface area (Å²) >= 11 is 5.89. The van der Waals surface area contributed by atoms with Crippen LogP contribution in [0.2, 0.25) is 5.02 Å². The van der Waals surface area contributed by atoms with E-state index in [0.29, 0.717) is 67.3 Å². The monoisotopic (exact) mass is 491 g/mol. The number of hydrogen-bond donors (Lipinski definition) is 0. The van der Waals surface area contributed by atoms with Gasteiger partial charge in [-0.15, -0.1) is 0 Å². The van der Waals surface area contributed by atoms with Crippen LogP contribution in [0.15, 0.2) is 58.0 Å². The summed E-state index contributed by atoms with van der Waals surface area (Å²) in [5.74, 6) is 2.09. The van der Waals surface area contributed by atoms with Crippen LogP contribution in [0, 0.1) is 6.92 Å². The van der Waals surface area contributed by atoms with Crippen LogP contribution in [-0.4, -0.2) is 69.0 Å². The van der Waals surface area contributed by atoms with Crippen molar-refractivity contribution in [3.8, 4) is 22.8 Å². The third-order valence-corrected chi connectivity index (χ3v) is 7.68. The van der Waals surface area contributed by atoms with Gasteiger partial charge in [-0.25, -0.2) is 13.4 Å². The van der Waals surface area contributed by atoms with Gasteiger partial charge >= 0.3 is 0 Å². The van der Waals surface area contributed by atoms with Crippen molar-refractivity contribution >= 4 is 21.6 Å². The van der Waals surface area contributed by atoms with Gasteiger partial charge in [0.15, 0.2) is 11.7 Å². The van der Waals surface area contributed by atoms with Crippen molar-refractivity contribution in [1.82, 2.24) is 14.2 Å². The predicted octanol–water partition coefficient (Wildman–Crippen LogP) is 3.70. The van der Waals surface area contributed by atoms with E-state index in [2.05, 4.69) is 9.88 Å². The lowest BCUT2D eigenvalue weighted by molar-refractivity contribution is 0.158. The minimum Gasteiger partial charge on any atom is -0.495 e. The molecular formula is C23H26ClN3O5S. The Bertz CT molecular complexity index is 1190. The highest BCUT2D eigenvalue weighted by Crippen LogP contribution is 2.32. The van der Waals surface area contributed by atoms with Gasteiger partial charge < -0.3 is 13.9 Å². The topological polar surface area (TPSA) is 85.1 Å². The fourth-order valence-corrected chi connectivity index (χ4v) is 5.41. The SMILES string of the molecule is COc1ccc(-c2cnc(C)o2)cc1S(=O)(=O)N1CCN(CCOc2ccc(Cl)cc2)CC1. The molecular weight excluding hydrogens is 466 g/mol. The Morgan fingerprint density at radius 2 is 1.82 bits per heavy atom. The van der Waals surface area contributed by atoms with E-state index in [1.807, 2.05) is 12.1 Å². The first kappa shape index (κ1) is 23.6. The average Bonchev–Trinajstić information content (AvgIpc) is 3.26. The third-order valence-electron chi connectivity index (χ3n) is 5.51. The number of aromatic nitrogens is 1. The van der Waals surface area contributed by atoms with E-state index in [1.165, 1.54) is 11.4 Å². The third kappa shape index (κ3) is 5.50. The second-order valence-electron chi connectivity index (χ2n) is 7.66. The van der Waals surface area contributed by atoms with Gasteiger partial charge in [0.1, 0.15) is 23.0 Å². The summed E-state index contributed by atoms with van der Waals surface area (Å²) in [4.78, 5) is 6.40. The number of hydrogen-bond acceptors (Lipinski definition) is 7. The highest BCUT2D eigenvalue weighted by Gasteiger charge is 2.31. The summed E-state index contributed by atoms with van der Waals surface area (Å²) in [5, 5.41) is 0.665. The van der Waals surface area contributed by atoms with E-state index in [1.54, 1.807) is 43.5 Å². The number of rotatable bonds is 8.